The van der Waals surface area contributed by atoms with Crippen molar-refractivity contribution in [3.8, 4) is 5.75 Å². The third-order valence-corrected chi connectivity index (χ3v) is 1.38. The molecule has 0 radical (unpaired) electrons. The van der Waals surface area contributed by atoms with Crippen molar-refractivity contribution < 1.29 is 9.76 Å². The number of rotatable bonds is 4. The molecule has 0 unspecified atom stereocenters. The number of benzene rings is 1. The predicted octanol–water partition coefficient (Wildman–Crippen LogP) is 1.50. The molecule has 0 aromatic heterocycles. The average Bonchev–Trinajstić information content (AvgIpc) is 2.15. The van der Waals surface area contributed by atoms with Crippen LogP contribution in [0.5, 0.6) is 5.75 Å². The molecule has 0 atom stereocenters. The summed E-state index contributed by atoms with van der Waals surface area (Å²) >= 11 is 0. The highest BCUT2D eigenvalue weighted by molar-refractivity contribution is 5.35. The average molecular weight is 182 g/mol. The van der Waals surface area contributed by atoms with Gasteiger partial charge in [-0.25, -0.2) is 0 Å². The first-order chi connectivity index (χ1) is 6.24. The van der Waals surface area contributed by atoms with Crippen molar-refractivity contribution in [3.63, 3.8) is 0 Å². The Bertz CT molecular complexity index is 284. The van der Waals surface area contributed by atoms with Gasteiger partial charge in [-0.1, -0.05) is 0 Å². The molecule has 0 aliphatic carbocycles. The number of nitro groups is 1. The SMILES string of the molecule is CCNOc1ccc([N+](=O)[O-])cc1. The quantitative estimate of drug-likeness (QED) is 0.566. The monoisotopic (exact) mass is 182 g/mol. The van der Waals surface area contributed by atoms with Crippen molar-refractivity contribution in [3.05, 3.63) is 34.4 Å². The number of nitrogens with zero attached hydrogens (tertiary/aromatic N) is 1. The minimum absolute atomic E-state index is 0.0591. The highest BCUT2D eigenvalue weighted by Crippen LogP contribution is 2.16. The van der Waals surface area contributed by atoms with Crippen LogP contribution in [0.4, 0.5) is 5.69 Å². The Labute approximate surface area is 75.4 Å². The molecule has 0 aliphatic rings. The third-order valence-electron chi connectivity index (χ3n) is 1.38. The summed E-state index contributed by atoms with van der Waals surface area (Å²) in [6.07, 6.45) is 0. The summed E-state index contributed by atoms with van der Waals surface area (Å²) in [6, 6.07) is 5.88. The van der Waals surface area contributed by atoms with Crippen LogP contribution < -0.4 is 10.3 Å². The van der Waals surface area contributed by atoms with Crippen LogP contribution in [0.2, 0.25) is 0 Å². The smallest absolute Gasteiger partial charge is 0.269 e. The van der Waals surface area contributed by atoms with Crippen LogP contribution in [-0.4, -0.2) is 11.5 Å². The van der Waals surface area contributed by atoms with Crippen molar-refractivity contribution in [2.45, 2.75) is 6.92 Å². The molecule has 0 saturated heterocycles. The molecule has 0 bridgehead atoms. The van der Waals surface area contributed by atoms with Crippen molar-refractivity contribution >= 4 is 5.69 Å². The molecule has 5 nitrogen and oxygen atoms in total. The lowest BCUT2D eigenvalue weighted by Gasteiger charge is -2.03. The van der Waals surface area contributed by atoms with Gasteiger partial charge in [-0.2, -0.15) is 5.48 Å². The lowest BCUT2D eigenvalue weighted by molar-refractivity contribution is -0.384. The fourth-order valence-electron chi connectivity index (χ4n) is 0.791. The molecule has 1 aromatic carbocycles. The normalized spacial score (nSPS) is 9.62. The Kier molecular flexibility index (Phi) is 3.22. The summed E-state index contributed by atoms with van der Waals surface area (Å²) in [7, 11) is 0. The maximum Gasteiger partial charge on any atom is 0.269 e. The molecule has 1 rings (SSSR count). The van der Waals surface area contributed by atoms with E-state index in [0.29, 0.717) is 12.3 Å². The molecule has 0 fully saturated rings. The van der Waals surface area contributed by atoms with Crippen LogP contribution in [0.25, 0.3) is 0 Å². The van der Waals surface area contributed by atoms with E-state index in [0.717, 1.165) is 0 Å². The van der Waals surface area contributed by atoms with Crippen molar-refractivity contribution in [2.75, 3.05) is 6.54 Å². The van der Waals surface area contributed by atoms with Gasteiger partial charge >= 0.3 is 0 Å². The summed E-state index contributed by atoms with van der Waals surface area (Å²) in [5.74, 6) is 0.562. The van der Waals surface area contributed by atoms with E-state index in [1.165, 1.54) is 12.1 Å². The predicted molar refractivity (Wildman–Crippen MR) is 47.4 cm³/mol. The van der Waals surface area contributed by atoms with Crippen LogP contribution in [0, 0.1) is 10.1 Å². The van der Waals surface area contributed by atoms with E-state index in [2.05, 4.69) is 5.48 Å². The lowest BCUT2D eigenvalue weighted by Crippen LogP contribution is -2.16. The largest absolute Gasteiger partial charge is 0.409 e. The fraction of sp³-hybridized carbons (Fsp3) is 0.250. The van der Waals surface area contributed by atoms with Gasteiger partial charge in [0, 0.05) is 18.7 Å². The Hall–Kier alpha value is -1.62. The molecule has 0 amide bonds. The fourth-order valence-corrected chi connectivity index (χ4v) is 0.791. The van der Waals surface area contributed by atoms with Gasteiger partial charge in [-0.3, -0.25) is 10.1 Å². The molecular formula is C8H10N2O3. The summed E-state index contributed by atoms with van der Waals surface area (Å²) in [4.78, 5) is 14.8. The van der Waals surface area contributed by atoms with E-state index in [4.69, 9.17) is 4.84 Å². The zero-order valence-electron chi connectivity index (χ0n) is 7.19. The van der Waals surface area contributed by atoms with E-state index in [9.17, 15) is 10.1 Å². The summed E-state index contributed by atoms with van der Waals surface area (Å²) in [6.45, 7) is 2.57. The summed E-state index contributed by atoms with van der Waals surface area (Å²) < 4.78 is 0. The topological polar surface area (TPSA) is 64.4 Å². The van der Waals surface area contributed by atoms with Gasteiger partial charge in [0.1, 0.15) is 5.75 Å². The minimum atomic E-state index is -0.447. The van der Waals surface area contributed by atoms with Crippen LogP contribution >= 0.6 is 0 Å². The van der Waals surface area contributed by atoms with Crippen LogP contribution in [0.1, 0.15) is 6.92 Å². The maximum absolute atomic E-state index is 10.3. The zero-order chi connectivity index (χ0) is 9.68. The van der Waals surface area contributed by atoms with Gasteiger partial charge < -0.3 is 4.84 Å². The highest BCUT2D eigenvalue weighted by atomic mass is 16.6. The maximum atomic E-state index is 10.3. The minimum Gasteiger partial charge on any atom is -0.409 e. The lowest BCUT2D eigenvalue weighted by atomic mass is 10.3. The van der Waals surface area contributed by atoms with Crippen molar-refractivity contribution in [2.24, 2.45) is 0 Å². The second-order valence-electron chi connectivity index (χ2n) is 2.35. The molecule has 0 saturated carbocycles. The van der Waals surface area contributed by atoms with Crippen LogP contribution in [0.15, 0.2) is 24.3 Å². The molecule has 70 valence electrons. The standard InChI is InChI=1S/C8H10N2O3/c1-2-9-13-8-5-3-7(4-6-8)10(11)12/h3-6,9H,2H2,1H3. The molecule has 1 N–H and O–H groups in total. The summed E-state index contributed by atoms with van der Waals surface area (Å²) in [5.41, 5.74) is 2.70. The van der Waals surface area contributed by atoms with Crippen LogP contribution in [0.3, 0.4) is 0 Å². The van der Waals surface area contributed by atoms with Gasteiger partial charge in [0.25, 0.3) is 5.69 Å². The van der Waals surface area contributed by atoms with Gasteiger partial charge in [-0.05, 0) is 19.1 Å². The van der Waals surface area contributed by atoms with Crippen molar-refractivity contribution in [1.82, 2.24) is 5.48 Å². The molecular weight excluding hydrogens is 172 g/mol. The molecule has 0 heterocycles. The molecule has 13 heavy (non-hydrogen) atoms. The van der Waals surface area contributed by atoms with Gasteiger partial charge in [-0.15, -0.1) is 0 Å². The number of nitrogens with one attached hydrogen (secondary N) is 1. The Morgan fingerprint density at radius 3 is 2.54 bits per heavy atom. The first-order valence-electron chi connectivity index (χ1n) is 3.88. The van der Waals surface area contributed by atoms with E-state index >= 15 is 0 Å². The molecule has 1 aromatic rings. The number of nitro benzene ring substituents is 1. The van der Waals surface area contributed by atoms with Gasteiger partial charge in [0.15, 0.2) is 0 Å². The molecule has 0 aliphatic heterocycles. The number of hydroxylamine groups is 1. The van der Waals surface area contributed by atoms with Crippen molar-refractivity contribution in [1.29, 1.82) is 0 Å². The van der Waals surface area contributed by atoms with Gasteiger partial charge in [0.05, 0.1) is 4.92 Å². The first kappa shape index (κ1) is 9.47. The Balaban J connectivity index is 2.64. The highest BCUT2D eigenvalue weighted by Gasteiger charge is 2.03. The van der Waals surface area contributed by atoms with E-state index in [-0.39, 0.29) is 5.69 Å². The zero-order valence-corrected chi connectivity index (χ0v) is 7.19. The second-order valence-corrected chi connectivity index (χ2v) is 2.35. The van der Waals surface area contributed by atoms with E-state index < -0.39 is 4.92 Å². The van der Waals surface area contributed by atoms with Crippen LogP contribution in [-0.2, 0) is 0 Å². The number of hydrogen-bond acceptors (Lipinski definition) is 4. The Morgan fingerprint density at radius 1 is 1.46 bits per heavy atom. The van der Waals surface area contributed by atoms with E-state index in [1.807, 2.05) is 6.92 Å². The number of hydrogen-bond donors (Lipinski definition) is 1. The molecule has 5 heteroatoms. The number of non-ortho nitro benzene ring substituents is 1. The van der Waals surface area contributed by atoms with Gasteiger partial charge in [0.2, 0.25) is 0 Å². The first-order valence-corrected chi connectivity index (χ1v) is 3.88. The third kappa shape index (κ3) is 2.72. The second kappa shape index (κ2) is 4.42. The van der Waals surface area contributed by atoms with E-state index in [1.54, 1.807) is 12.1 Å². The summed E-state index contributed by atoms with van der Waals surface area (Å²) in [5, 5.41) is 10.3. The Morgan fingerprint density at radius 2 is 2.08 bits per heavy atom. The molecule has 0 spiro atoms.